The first kappa shape index (κ1) is 16.5. The molecule has 1 atom stereocenters. The summed E-state index contributed by atoms with van der Waals surface area (Å²) in [4.78, 5) is 12.4. The summed E-state index contributed by atoms with van der Waals surface area (Å²) in [5.74, 6) is -0.809. The van der Waals surface area contributed by atoms with Gasteiger partial charge in [0.1, 0.15) is 0 Å². The van der Waals surface area contributed by atoms with Gasteiger partial charge in [0, 0.05) is 12.1 Å². The van der Waals surface area contributed by atoms with E-state index in [-0.39, 0.29) is 0 Å². The summed E-state index contributed by atoms with van der Waals surface area (Å²) in [6.07, 6.45) is -3.40. The van der Waals surface area contributed by atoms with Gasteiger partial charge in [0.05, 0.1) is 17.2 Å². The molecule has 1 aliphatic rings. The Hall–Kier alpha value is -2.34. The Labute approximate surface area is 137 Å². The van der Waals surface area contributed by atoms with E-state index in [9.17, 15) is 23.1 Å². The fraction of sp³-hybridized carbons (Fsp3) is 0.278. The molecule has 24 heavy (non-hydrogen) atoms. The number of aliphatic hydroxyl groups excluding tert-OH is 1. The second-order valence-electron chi connectivity index (χ2n) is 5.84. The van der Waals surface area contributed by atoms with Crippen LogP contribution >= 0.6 is 0 Å². The van der Waals surface area contributed by atoms with Crippen molar-refractivity contribution in [3.05, 3.63) is 64.7 Å². The van der Waals surface area contributed by atoms with Gasteiger partial charge in [-0.25, -0.2) is 0 Å². The van der Waals surface area contributed by atoms with Crippen LogP contribution in [0.5, 0.6) is 0 Å². The first-order valence-corrected chi connectivity index (χ1v) is 7.62. The Morgan fingerprint density at radius 1 is 1.12 bits per heavy atom. The van der Waals surface area contributed by atoms with Crippen molar-refractivity contribution in [2.45, 2.75) is 31.5 Å². The van der Waals surface area contributed by atoms with Crippen LogP contribution in [-0.4, -0.2) is 17.1 Å². The van der Waals surface area contributed by atoms with Crippen molar-refractivity contribution >= 4 is 11.6 Å². The number of hydrogen-bond donors (Lipinski definition) is 2. The van der Waals surface area contributed by atoms with E-state index >= 15 is 0 Å². The number of carbonyl (C=O) groups excluding carboxylic acids is 1. The lowest BCUT2D eigenvalue weighted by atomic mass is 9.88. The van der Waals surface area contributed by atoms with Gasteiger partial charge in [-0.15, -0.1) is 0 Å². The van der Waals surface area contributed by atoms with Crippen LogP contribution in [0.4, 0.5) is 18.9 Å². The minimum Gasteiger partial charge on any atom is -0.393 e. The first-order valence-electron chi connectivity index (χ1n) is 7.62. The molecule has 3 rings (SSSR count). The summed E-state index contributed by atoms with van der Waals surface area (Å²) in [5.41, 5.74) is 0.857. The average Bonchev–Trinajstić information content (AvgIpc) is 2.54. The zero-order valence-corrected chi connectivity index (χ0v) is 12.7. The van der Waals surface area contributed by atoms with E-state index in [1.54, 1.807) is 12.1 Å². The highest BCUT2D eigenvalue weighted by Crippen LogP contribution is 2.33. The van der Waals surface area contributed by atoms with Gasteiger partial charge in [-0.2, -0.15) is 13.2 Å². The number of benzene rings is 2. The third-order valence-corrected chi connectivity index (χ3v) is 4.18. The molecule has 0 aliphatic heterocycles. The number of alkyl halides is 3. The molecule has 126 valence electrons. The summed E-state index contributed by atoms with van der Waals surface area (Å²) in [7, 11) is 0. The van der Waals surface area contributed by atoms with Crippen LogP contribution in [0.3, 0.4) is 0 Å². The molecule has 1 aliphatic carbocycles. The normalized spacial score (nSPS) is 17.2. The first-order chi connectivity index (χ1) is 11.4. The third kappa shape index (κ3) is 3.28. The van der Waals surface area contributed by atoms with Crippen molar-refractivity contribution in [3.8, 4) is 0 Å². The molecule has 0 aromatic heterocycles. The van der Waals surface area contributed by atoms with Gasteiger partial charge >= 0.3 is 6.18 Å². The topological polar surface area (TPSA) is 49.3 Å². The molecule has 1 amide bonds. The number of aryl methyl sites for hydroxylation is 1. The summed E-state index contributed by atoms with van der Waals surface area (Å²) >= 11 is 0. The zero-order valence-electron chi connectivity index (χ0n) is 12.7. The van der Waals surface area contributed by atoms with E-state index in [1.165, 1.54) is 12.1 Å². The van der Waals surface area contributed by atoms with Gasteiger partial charge < -0.3 is 10.4 Å². The van der Waals surface area contributed by atoms with Crippen LogP contribution in [0.15, 0.2) is 42.5 Å². The van der Waals surface area contributed by atoms with E-state index in [4.69, 9.17) is 0 Å². The largest absolute Gasteiger partial charge is 0.417 e. The molecular formula is C18H16F3NO2. The monoisotopic (exact) mass is 335 g/mol. The molecule has 0 heterocycles. The molecule has 0 bridgehead atoms. The number of halogens is 3. The van der Waals surface area contributed by atoms with Crippen molar-refractivity contribution in [2.24, 2.45) is 0 Å². The van der Waals surface area contributed by atoms with Gasteiger partial charge in [0.15, 0.2) is 0 Å². The van der Waals surface area contributed by atoms with Gasteiger partial charge in [-0.05, 0) is 42.2 Å². The second kappa shape index (κ2) is 6.28. The maximum absolute atomic E-state index is 13.1. The van der Waals surface area contributed by atoms with Gasteiger partial charge in [-0.3, -0.25) is 4.79 Å². The maximum atomic E-state index is 13.1. The van der Waals surface area contributed by atoms with Crippen LogP contribution < -0.4 is 5.32 Å². The van der Waals surface area contributed by atoms with E-state index in [0.29, 0.717) is 24.9 Å². The molecule has 0 saturated heterocycles. The lowest BCUT2D eigenvalue weighted by Crippen LogP contribution is -2.23. The molecule has 3 nitrogen and oxygen atoms in total. The van der Waals surface area contributed by atoms with E-state index < -0.39 is 29.3 Å². The highest BCUT2D eigenvalue weighted by molar-refractivity contribution is 6.05. The molecule has 2 N–H and O–H groups in total. The fourth-order valence-corrected chi connectivity index (χ4v) is 3.00. The summed E-state index contributed by atoms with van der Waals surface area (Å²) in [6, 6.07) is 9.99. The number of carbonyl (C=O) groups is 1. The van der Waals surface area contributed by atoms with E-state index in [1.807, 2.05) is 6.07 Å². The predicted octanol–water partition coefficient (Wildman–Crippen LogP) is 3.81. The van der Waals surface area contributed by atoms with Gasteiger partial charge in [0.25, 0.3) is 5.91 Å². The van der Waals surface area contributed by atoms with Crippen molar-refractivity contribution in [2.75, 3.05) is 5.32 Å². The van der Waals surface area contributed by atoms with Crippen molar-refractivity contribution in [3.63, 3.8) is 0 Å². The number of rotatable bonds is 2. The van der Waals surface area contributed by atoms with E-state index in [0.717, 1.165) is 23.3 Å². The number of nitrogens with one attached hydrogen (secondary N) is 1. The van der Waals surface area contributed by atoms with Gasteiger partial charge in [0.2, 0.25) is 0 Å². The second-order valence-corrected chi connectivity index (χ2v) is 5.84. The van der Waals surface area contributed by atoms with Crippen LogP contribution in [0, 0.1) is 0 Å². The predicted molar refractivity (Wildman–Crippen MR) is 83.9 cm³/mol. The Kier molecular flexibility index (Phi) is 4.32. The van der Waals surface area contributed by atoms with Crippen molar-refractivity contribution in [1.82, 2.24) is 0 Å². The summed E-state index contributed by atoms with van der Waals surface area (Å²) < 4.78 is 39.2. The van der Waals surface area contributed by atoms with Crippen LogP contribution in [0.1, 0.15) is 33.5 Å². The van der Waals surface area contributed by atoms with E-state index in [2.05, 4.69) is 5.32 Å². The van der Waals surface area contributed by atoms with Crippen molar-refractivity contribution in [1.29, 1.82) is 0 Å². The summed E-state index contributed by atoms with van der Waals surface area (Å²) in [6.45, 7) is 0. The Bertz CT molecular complexity index is 771. The summed E-state index contributed by atoms with van der Waals surface area (Å²) in [5, 5.41) is 12.4. The number of amides is 1. The quantitative estimate of drug-likeness (QED) is 0.877. The molecule has 2 aromatic carbocycles. The van der Waals surface area contributed by atoms with Crippen molar-refractivity contribution < 1.29 is 23.1 Å². The lowest BCUT2D eigenvalue weighted by Gasteiger charge is -2.23. The molecule has 0 saturated carbocycles. The van der Waals surface area contributed by atoms with Crippen LogP contribution in [0.2, 0.25) is 0 Å². The molecular weight excluding hydrogens is 319 g/mol. The smallest absolute Gasteiger partial charge is 0.393 e. The SMILES string of the molecule is O=C(Nc1cccc2c1C[C@H](O)CC2)c1ccccc1C(F)(F)F. The molecule has 0 radical (unpaired) electrons. The van der Waals surface area contributed by atoms with Crippen LogP contribution in [0.25, 0.3) is 0 Å². The molecule has 2 aromatic rings. The molecule has 6 heteroatoms. The number of anilines is 1. The highest BCUT2D eigenvalue weighted by Gasteiger charge is 2.35. The Balaban J connectivity index is 1.92. The minimum atomic E-state index is -4.60. The maximum Gasteiger partial charge on any atom is 0.417 e. The fourth-order valence-electron chi connectivity index (χ4n) is 3.00. The Morgan fingerprint density at radius 2 is 1.88 bits per heavy atom. The van der Waals surface area contributed by atoms with Crippen LogP contribution in [-0.2, 0) is 19.0 Å². The molecule has 0 spiro atoms. The third-order valence-electron chi connectivity index (χ3n) is 4.18. The number of aliphatic hydroxyl groups is 1. The molecule has 0 unspecified atom stereocenters. The highest BCUT2D eigenvalue weighted by atomic mass is 19.4. The lowest BCUT2D eigenvalue weighted by molar-refractivity contribution is -0.137. The van der Waals surface area contributed by atoms with Gasteiger partial charge in [-0.1, -0.05) is 24.3 Å². The number of hydrogen-bond acceptors (Lipinski definition) is 2. The zero-order chi connectivity index (χ0) is 17.3. The standard InChI is InChI=1S/C18H16F3NO2/c19-18(20,21)15-6-2-1-5-13(15)17(24)22-16-7-3-4-11-8-9-12(23)10-14(11)16/h1-7,12,23H,8-10H2,(H,22,24)/t12-/m1/s1. The minimum absolute atomic E-state index is 0.382. The average molecular weight is 335 g/mol. The number of fused-ring (bicyclic) bond motifs is 1. The molecule has 0 fully saturated rings. The Morgan fingerprint density at radius 3 is 2.62 bits per heavy atom.